The van der Waals surface area contributed by atoms with Crippen LogP contribution in [-0.4, -0.2) is 25.1 Å². The second-order valence-corrected chi connectivity index (χ2v) is 6.20. The largest absolute Gasteiger partial charge is 0.493 e. The number of nitrogens with zero attached hydrogens (tertiary/aromatic N) is 1. The van der Waals surface area contributed by atoms with E-state index in [9.17, 15) is 9.59 Å². The molecule has 0 unspecified atom stereocenters. The van der Waals surface area contributed by atoms with Gasteiger partial charge < -0.3 is 14.8 Å². The first-order valence-corrected chi connectivity index (χ1v) is 9.20. The molecule has 7 heteroatoms. The SMILES string of the molecule is COc1cc(/C=N/NC(=O)C(=O)Nc2ccccc2)ccc1OCc1ccccc1. The molecule has 0 bridgehead atoms. The summed E-state index contributed by atoms with van der Waals surface area (Å²) < 4.78 is 11.2. The van der Waals surface area contributed by atoms with Crippen LogP contribution >= 0.6 is 0 Å². The molecule has 0 aliphatic carbocycles. The average Bonchev–Trinajstić information content (AvgIpc) is 2.79. The van der Waals surface area contributed by atoms with Crippen LogP contribution in [0.4, 0.5) is 5.69 Å². The molecule has 3 rings (SSSR count). The molecule has 0 saturated carbocycles. The average molecular weight is 403 g/mol. The lowest BCUT2D eigenvalue weighted by molar-refractivity contribution is -0.136. The van der Waals surface area contributed by atoms with Gasteiger partial charge in [-0.15, -0.1) is 0 Å². The number of para-hydroxylation sites is 1. The first-order chi connectivity index (χ1) is 14.7. The van der Waals surface area contributed by atoms with Crippen molar-refractivity contribution >= 4 is 23.7 Å². The summed E-state index contributed by atoms with van der Waals surface area (Å²) in [4.78, 5) is 23.7. The van der Waals surface area contributed by atoms with Crippen LogP contribution in [0.25, 0.3) is 0 Å². The van der Waals surface area contributed by atoms with Gasteiger partial charge in [-0.2, -0.15) is 5.10 Å². The Bertz CT molecular complexity index is 1020. The standard InChI is InChI=1S/C23H21N3O4/c1-29-21-14-18(12-13-20(21)30-16-17-8-4-2-5-9-17)15-24-26-23(28)22(27)25-19-10-6-3-7-11-19/h2-15H,16H2,1H3,(H,25,27)(H,26,28)/b24-15+. The third-order valence-electron chi connectivity index (χ3n) is 4.04. The molecule has 0 aliphatic rings. The summed E-state index contributed by atoms with van der Waals surface area (Å²) in [5.74, 6) is -0.557. The normalized spacial score (nSPS) is 10.4. The van der Waals surface area contributed by atoms with Crippen molar-refractivity contribution in [1.29, 1.82) is 0 Å². The third-order valence-corrected chi connectivity index (χ3v) is 4.04. The number of amides is 2. The number of benzene rings is 3. The van der Waals surface area contributed by atoms with Crippen LogP contribution in [0.5, 0.6) is 11.5 Å². The molecule has 2 amide bonds. The van der Waals surface area contributed by atoms with Crippen molar-refractivity contribution in [2.45, 2.75) is 6.61 Å². The summed E-state index contributed by atoms with van der Waals surface area (Å²) in [6.45, 7) is 0.414. The maximum Gasteiger partial charge on any atom is 0.329 e. The Labute approximate surface area is 174 Å². The molecule has 2 N–H and O–H groups in total. The lowest BCUT2D eigenvalue weighted by atomic mass is 10.2. The van der Waals surface area contributed by atoms with Crippen molar-refractivity contribution < 1.29 is 19.1 Å². The Morgan fingerprint density at radius 1 is 0.900 bits per heavy atom. The third kappa shape index (κ3) is 5.93. The van der Waals surface area contributed by atoms with E-state index in [0.29, 0.717) is 29.4 Å². The number of hydrogen-bond acceptors (Lipinski definition) is 5. The first kappa shape index (κ1) is 20.6. The number of carbonyl (C=O) groups excluding carboxylic acids is 2. The molecule has 0 fully saturated rings. The summed E-state index contributed by atoms with van der Waals surface area (Å²) >= 11 is 0. The number of ether oxygens (including phenoxy) is 2. The van der Waals surface area contributed by atoms with Crippen molar-refractivity contribution in [1.82, 2.24) is 5.43 Å². The minimum atomic E-state index is -0.870. The highest BCUT2D eigenvalue weighted by Gasteiger charge is 2.12. The highest BCUT2D eigenvalue weighted by molar-refractivity contribution is 6.39. The van der Waals surface area contributed by atoms with Gasteiger partial charge in [0.15, 0.2) is 11.5 Å². The van der Waals surface area contributed by atoms with Crippen molar-refractivity contribution in [3.05, 3.63) is 90.0 Å². The fourth-order valence-corrected chi connectivity index (χ4v) is 2.54. The second kappa shape index (κ2) is 10.4. The Balaban J connectivity index is 1.56. The predicted octanol–water partition coefficient (Wildman–Crippen LogP) is 3.36. The number of hydrogen-bond donors (Lipinski definition) is 2. The van der Waals surface area contributed by atoms with Gasteiger partial charge in [-0.05, 0) is 41.5 Å². The lowest BCUT2D eigenvalue weighted by Crippen LogP contribution is -2.32. The van der Waals surface area contributed by atoms with Gasteiger partial charge in [0.2, 0.25) is 0 Å². The van der Waals surface area contributed by atoms with Crippen molar-refractivity contribution in [2.75, 3.05) is 12.4 Å². The maximum absolute atomic E-state index is 11.9. The Morgan fingerprint density at radius 2 is 1.60 bits per heavy atom. The molecule has 152 valence electrons. The maximum atomic E-state index is 11.9. The number of nitrogens with one attached hydrogen (secondary N) is 2. The topological polar surface area (TPSA) is 89.0 Å². The molecule has 0 spiro atoms. The van der Waals surface area contributed by atoms with E-state index in [1.807, 2.05) is 36.4 Å². The smallest absolute Gasteiger partial charge is 0.329 e. The minimum absolute atomic E-state index is 0.414. The molecular weight excluding hydrogens is 382 g/mol. The monoisotopic (exact) mass is 403 g/mol. The molecule has 0 radical (unpaired) electrons. The van der Waals surface area contributed by atoms with E-state index >= 15 is 0 Å². The van der Waals surface area contributed by atoms with E-state index in [4.69, 9.17) is 9.47 Å². The van der Waals surface area contributed by atoms with Crippen LogP contribution in [0.2, 0.25) is 0 Å². The summed E-state index contributed by atoms with van der Waals surface area (Å²) in [5, 5.41) is 6.30. The van der Waals surface area contributed by atoms with Gasteiger partial charge in [0.25, 0.3) is 0 Å². The van der Waals surface area contributed by atoms with Crippen molar-refractivity contribution in [3.63, 3.8) is 0 Å². The minimum Gasteiger partial charge on any atom is -0.493 e. The predicted molar refractivity (Wildman–Crippen MR) is 115 cm³/mol. The van der Waals surface area contributed by atoms with Crippen molar-refractivity contribution in [2.24, 2.45) is 5.10 Å². The fourth-order valence-electron chi connectivity index (χ4n) is 2.54. The van der Waals surface area contributed by atoms with Gasteiger partial charge in [-0.1, -0.05) is 48.5 Å². The van der Waals surface area contributed by atoms with E-state index in [1.165, 1.54) is 6.21 Å². The van der Waals surface area contributed by atoms with Crippen LogP contribution in [-0.2, 0) is 16.2 Å². The highest BCUT2D eigenvalue weighted by Crippen LogP contribution is 2.28. The van der Waals surface area contributed by atoms with Gasteiger partial charge in [0, 0.05) is 5.69 Å². The Kier molecular flexibility index (Phi) is 7.16. The van der Waals surface area contributed by atoms with Crippen LogP contribution < -0.4 is 20.2 Å². The van der Waals surface area contributed by atoms with Crippen LogP contribution in [0.1, 0.15) is 11.1 Å². The van der Waals surface area contributed by atoms with Gasteiger partial charge in [0.05, 0.1) is 13.3 Å². The van der Waals surface area contributed by atoms with Crippen LogP contribution in [0.15, 0.2) is 84.0 Å². The van der Waals surface area contributed by atoms with E-state index < -0.39 is 11.8 Å². The molecular formula is C23H21N3O4. The number of methoxy groups -OCH3 is 1. The van der Waals surface area contributed by atoms with E-state index in [0.717, 1.165) is 5.56 Å². The van der Waals surface area contributed by atoms with Crippen LogP contribution in [0, 0.1) is 0 Å². The number of carbonyl (C=O) groups is 2. The molecule has 0 aliphatic heterocycles. The zero-order valence-corrected chi connectivity index (χ0v) is 16.4. The lowest BCUT2D eigenvalue weighted by Gasteiger charge is -2.11. The molecule has 7 nitrogen and oxygen atoms in total. The quantitative estimate of drug-likeness (QED) is 0.360. The van der Waals surface area contributed by atoms with E-state index in [1.54, 1.807) is 49.6 Å². The number of anilines is 1. The molecule has 0 atom stereocenters. The van der Waals surface area contributed by atoms with Crippen molar-refractivity contribution in [3.8, 4) is 11.5 Å². The van der Waals surface area contributed by atoms with E-state index in [2.05, 4.69) is 15.8 Å². The molecule has 0 aromatic heterocycles. The first-order valence-electron chi connectivity index (χ1n) is 9.20. The molecule has 0 heterocycles. The second-order valence-electron chi connectivity index (χ2n) is 6.20. The highest BCUT2D eigenvalue weighted by atomic mass is 16.5. The number of rotatable bonds is 7. The summed E-state index contributed by atoms with van der Waals surface area (Å²) in [6, 6.07) is 23.7. The summed E-state index contributed by atoms with van der Waals surface area (Å²) in [5.41, 5.74) is 4.43. The molecule has 3 aromatic carbocycles. The molecule has 0 saturated heterocycles. The Morgan fingerprint density at radius 3 is 2.30 bits per heavy atom. The van der Waals surface area contributed by atoms with Gasteiger partial charge >= 0.3 is 11.8 Å². The van der Waals surface area contributed by atoms with Gasteiger partial charge in [-0.25, -0.2) is 5.43 Å². The molecule has 30 heavy (non-hydrogen) atoms. The van der Waals surface area contributed by atoms with E-state index in [-0.39, 0.29) is 0 Å². The van der Waals surface area contributed by atoms with Gasteiger partial charge in [0.1, 0.15) is 6.61 Å². The zero-order chi connectivity index (χ0) is 21.2. The summed E-state index contributed by atoms with van der Waals surface area (Å²) in [6.07, 6.45) is 1.41. The van der Waals surface area contributed by atoms with Gasteiger partial charge in [-0.3, -0.25) is 9.59 Å². The zero-order valence-electron chi connectivity index (χ0n) is 16.4. The molecule has 3 aromatic rings. The summed E-state index contributed by atoms with van der Waals surface area (Å²) in [7, 11) is 1.54. The fraction of sp³-hybridized carbons (Fsp3) is 0.0870. The Hall–Kier alpha value is -4.13. The van der Waals surface area contributed by atoms with Crippen LogP contribution in [0.3, 0.4) is 0 Å². The number of hydrazone groups is 1.